The molecule has 90 valence electrons. The van der Waals surface area contributed by atoms with Crippen LogP contribution in [-0.2, 0) is 9.53 Å². The van der Waals surface area contributed by atoms with E-state index in [1.807, 2.05) is 0 Å². The highest BCUT2D eigenvalue weighted by Crippen LogP contribution is 2.22. The molecule has 0 bridgehead atoms. The van der Waals surface area contributed by atoms with Crippen LogP contribution in [0.4, 0.5) is 0 Å². The van der Waals surface area contributed by atoms with Crippen molar-refractivity contribution in [2.45, 2.75) is 25.7 Å². The number of hydrogen-bond donors (Lipinski definition) is 0. The smallest absolute Gasteiger partial charge is 0.133 e. The van der Waals surface area contributed by atoms with Gasteiger partial charge in [-0.2, -0.15) is 0 Å². The maximum atomic E-state index is 11.3. The molecule has 1 atom stereocenters. The van der Waals surface area contributed by atoms with E-state index in [4.69, 9.17) is 4.74 Å². The molecule has 1 heterocycles. The van der Waals surface area contributed by atoms with Crippen LogP contribution in [0.3, 0.4) is 0 Å². The molecule has 0 amide bonds. The van der Waals surface area contributed by atoms with Crippen molar-refractivity contribution >= 4 is 5.78 Å². The van der Waals surface area contributed by atoms with E-state index in [0.29, 0.717) is 11.7 Å². The Morgan fingerprint density at radius 1 is 1.38 bits per heavy atom. The zero-order valence-electron chi connectivity index (χ0n) is 9.86. The molecule has 16 heavy (non-hydrogen) atoms. The summed E-state index contributed by atoms with van der Waals surface area (Å²) in [5.74, 6) is 0.939. The Morgan fingerprint density at radius 3 is 2.94 bits per heavy atom. The molecule has 0 aromatic heterocycles. The van der Waals surface area contributed by atoms with Crippen LogP contribution in [0.5, 0.6) is 0 Å². The Hall–Kier alpha value is -0.670. The number of rotatable bonds is 3. The van der Waals surface area contributed by atoms with Gasteiger partial charge in [-0.05, 0) is 18.8 Å². The number of hydrogen-bond acceptors (Lipinski definition) is 3. The lowest BCUT2D eigenvalue weighted by Crippen LogP contribution is -2.36. The first-order valence-electron chi connectivity index (χ1n) is 6.33. The Kier molecular flexibility index (Phi) is 4.55. The molecular formula is C13H21NO2. The van der Waals surface area contributed by atoms with E-state index in [2.05, 4.69) is 17.1 Å². The number of ketones is 1. The van der Waals surface area contributed by atoms with Crippen molar-refractivity contribution in [2.24, 2.45) is 5.92 Å². The summed E-state index contributed by atoms with van der Waals surface area (Å²) in [4.78, 5) is 13.7. The molecule has 1 aliphatic heterocycles. The highest BCUT2D eigenvalue weighted by Gasteiger charge is 2.16. The van der Waals surface area contributed by atoms with E-state index in [1.165, 1.54) is 6.42 Å². The number of carbonyl (C=O) groups excluding carboxylic acids is 1. The van der Waals surface area contributed by atoms with Crippen LogP contribution in [0.15, 0.2) is 12.2 Å². The quantitative estimate of drug-likeness (QED) is 0.681. The number of carbonyl (C=O) groups is 1. The average molecular weight is 223 g/mol. The molecule has 1 saturated heterocycles. The van der Waals surface area contributed by atoms with Gasteiger partial charge in [0.2, 0.25) is 0 Å². The second-order valence-electron chi connectivity index (χ2n) is 4.74. The predicted octanol–water partition coefficient (Wildman–Crippen LogP) is 1.63. The second-order valence-corrected chi connectivity index (χ2v) is 4.74. The fraction of sp³-hybridized carbons (Fsp3) is 0.769. The normalized spacial score (nSPS) is 28.8. The van der Waals surface area contributed by atoms with E-state index >= 15 is 0 Å². The number of nitrogens with zero attached hydrogens (tertiary/aromatic N) is 1. The third-order valence-corrected chi connectivity index (χ3v) is 3.40. The van der Waals surface area contributed by atoms with Crippen molar-refractivity contribution in [3.05, 3.63) is 12.2 Å². The van der Waals surface area contributed by atoms with Crippen molar-refractivity contribution in [3.63, 3.8) is 0 Å². The summed E-state index contributed by atoms with van der Waals surface area (Å²) in [5, 5.41) is 0. The van der Waals surface area contributed by atoms with Gasteiger partial charge < -0.3 is 4.74 Å². The molecule has 3 heteroatoms. The first kappa shape index (κ1) is 11.8. The molecule has 2 fully saturated rings. The molecule has 0 N–H and O–H groups in total. The fourth-order valence-electron chi connectivity index (χ4n) is 2.41. The molecule has 1 aliphatic carbocycles. The van der Waals surface area contributed by atoms with Gasteiger partial charge in [0.1, 0.15) is 5.78 Å². The minimum Gasteiger partial charge on any atom is -0.379 e. The van der Waals surface area contributed by atoms with E-state index in [9.17, 15) is 4.79 Å². The minimum absolute atomic E-state index is 0.437. The van der Waals surface area contributed by atoms with E-state index in [-0.39, 0.29) is 0 Å². The van der Waals surface area contributed by atoms with E-state index < -0.39 is 0 Å². The molecule has 1 saturated carbocycles. The number of allylic oxidation sites excluding steroid dienone is 1. The van der Waals surface area contributed by atoms with E-state index in [0.717, 1.165) is 52.1 Å². The van der Waals surface area contributed by atoms with Gasteiger partial charge in [0.05, 0.1) is 13.2 Å². The standard InChI is InChI=1S/C13H21NO2/c15-13-5-1-3-12(11-13)4-2-6-14-7-9-16-10-8-14/h2,4,12H,1,3,5-11H2/b4-2-. The molecule has 0 aromatic carbocycles. The topological polar surface area (TPSA) is 29.5 Å². The molecule has 1 unspecified atom stereocenters. The predicted molar refractivity (Wildman–Crippen MR) is 63.4 cm³/mol. The zero-order valence-corrected chi connectivity index (χ0v) is 9.86. The average Bonchev–Trinajstić information content (AvgIpc) is 2.30. The highest BCUT2D eigenvalue weighted by atomic mass is 16.5. The Morgan fingerprint density at radius 2 is 2.19 bits per heavy atom. The minimum atomic E-state index is 0.437. The lowest BCUT2D eigenvalue weighted by Gasteiger charge is -2.25. The van der Waals surface area contributed by atoms with Gasteiger partial charge in [-0.3, -0.25) is 9.69 Å². The maximum Gasteiger partial charge on any atom is 0.133 e. The van der Waals surface area contributed by atoms with Crippen LogP contribution in [0, 0.1) is 5.92 Å². The molecule has 2 aliphatic rings. The van der Waals surface area contributed by atoms with Gasteiger partial charge in [-0.15, -0.1) is 0 Å². The van der Waals surface area contributed by atoms with E-state index in [1.54, 1.807) is 0 Å². The highest BCUT2D eigenvalue weighted by molar-refractivity contribution is 5.79. The summed E-state index contributed by atoms with van der Waals surface area (Å²) in [6, 6.07) is 0. The largest absolute Gasteiger partial charge is 0.379 e. The third-order valence-electron chi connectivity index (χ3n) is 3.40. The van der Waals surface area contributed by atoms with Gasteiger partial charge in [-0.25, -0.2) is 0 Å². The number of morpholine rings is 1. The second kappa shape index (κ2) is 6.16. The van der Waals surface area contributed by atoms with Crippen LogP contribution in [0.2, 0.25) is 0 Å². The van der Waals surface area contributed by atoms with Gasteiger partial charge in [-0.1, -0.05) is 12.2 Å². The molecular weight excluding hydrogens is 202 g/mol. The van der Waals surface area contributed by atoms with Crippen molar-refractivity contribution < 1.29 is 9.53 Å². The maximum absolute atomic E-state index is 11.3. The Labute approximate surface area is 97.5 Å². The summed E-state index contributed by atoms with van der Waals surface area (Å²) in [5.41, 5.74) is 0. The number of Topliss-reactive ketones (excluding diaryl/α,β-unsaturated/α-hetero) is 1. The lowest BCUT2D eigenvalue weighted by atomic mass is 9.88. The summed E-state index contributed by atoms with van der Waals surface area (Å²) in [7, 11) is 0. The molecule has 0 aromatic rings. The molecule has 0 radical (unpaired) electrons. The molecule has 3 nitrogen and oxygen atoms in total. The zero-order chi connectivity index (χ0) is 11.2. The molecule has 0 spiro atoms. The van der Waals surface area contributed by atoms with Crippen molar-refractivity contribution in [2.75, 3.05) is 32.8 Å². The van der Waals surface area contributed by atoms with Crippen LogP contribution >= 0.6 is 0 Å². The summed E-state index contributed by atoms with van der Waals surface area (Å²) in [6.45, 7) is 4.79. The van der Waals surface area contributed by atoms with Crippen molar-refractivity contribution in [1.29, 1.82) is 0 Å². The lowest BCUT2D eigenvalue weighted by molar-refractivity contribution is -0.121. The van der Waals surface area contributed by atoms with Crippen LogP contribution in [0.25, 0.3) is 0 Å². The van der Waals surface area contributed by atoms with Crippen LogP contribution in [-0.4, -0.2) is 43.5 Å². The first-order chi connectivity index (χ1) is 7.84. The molecule has 2 rings (SSSR count). The van der Waals surface area contributed by atoms with Crippen molar-refractivity contribution in [3.8, 4) is 0 Å². The van der Waals surface area contributed by atoms with Crippen LogP contribution in [0.1, 0.15) is 25.7 Å². The Balaban J connectivity index is 1.69. The monoisotopic (exact) mass is 223 g/mol. The number of ether oxygens (including phenoxy) is 1. The Bertz CT molecular complexity index is 257. The summed E-state index contributed by atoms with van der Waals surface area (Å²) >= 11 is 0. The van der Waals surface area contributed by atoms with Gasteiger partial charge in [0, 0.05) is 32.5 Å². The van der Waals surface area contributed by atoms with Gasteiger partial charge in [0.25, 0.3) is 0 Å². The summed E-state index contributed by atoms with van der Waals surface area (Å²) in [6.07, 6.45) is 8.30. The third kappa shape index (κ3) is 3.72. The SMILES string of the molecule is O=C1CCCC(/C=C\CN2CCOCC2)C1. The fourth-order valence-corrected chi connectivity index (χ4v) is 2.41. The van der Waals surface area contributed by atoms with Gasteiger partial charge >= 0.3 is 0 Å². The van der Waals surface area contributed by atoms with Crippen LogP contribution < -0.4 is 0 Å². The van der Waals surface area contributed by atoms with Gasteiger partial charge in [0.15, 0.2) is 0 Å². The first-order valence-corrected chi connectivity index (χ1v) is 6.33. The van der Waals surface area contributed by atoms with Crippen molar-refractivity contribution in [1.82, 2.24) is 4.90 Å². The summed E-state index contributed by atoms with van der Waals surface area (Å²) < 4.78 is 5.30.